The van der Waals surface area contributed by atoms with Crippen LogP contribution in [0.5, 0.6) is 0 Å². The number of carbonyl (C=O) groups excluding carboxylic acids is 2. The third kappa shape index (κ3) is 4.81. The van der Waals surface area contributed by atoms with Crippen LogP contribution in [0.1, 0.15) is 32.3 Å². The number of likely N-dealkylation sites (tertiary alicyclic amines) is 1. The summed E-state index contributed by atoms with van der Waals surface area (Å²) in [7, 11) is 1.85. The maximum absolute atomic E-state index is 12.7. The second kappa shape index (κ2) is 8.83. The highest BCUT2D eigenvalue weighted by molar-refractivity contribution is 5.81. The minimum atomic E-state index is -0.145. The topological polar surface area (TPSA) is 52.7 Å². The summed E-state index contributed by atoms with van der Waals surface area (Å²) in [6, 6.07) is 9.88. The second-order valence-electron chi connectivity index (χ2n) is 6.56. The van der Waals surface area contributed by atoms with Gasteiger partial charge in [0, 0.05) is 26.1 Å². The molecule has 1 unspecified atom stereocenters. The zero-order valence-electron chi connectivity index (χ0n) is 15.0. The molecule has 1 aromatic rings. The first kappa shape index (κ1) is 18.5. The van der Waals surface area contributed by atoms with Crippen molar-refractivity contribution in [2.45, 2.75) is 39.3 Å². The van der Waals surface area contributed by atoms with Crippen LogP contribution in [0.3, 0.4) is 0 Å². The molecule has 1 atom stereocenters. The molecule has 1 heterocycles. The highest BCUT2D eigenvalue weighted by Crippen LogP contribution is 2.20. The van der Waals surface area contributed by atoms with Gasteiger partial charge in [-0.15, -0.1) is 0 Å². The summed E-state index contributed by atoms with van der Waals surface area (Å²) in [6.45, 7) is 6.81. The molecule has 0 bridgehead atoms. The van der Waals surface area contributed by atoms with Crippen molar-refractivity contribution in [3.8, 4) is 0 Å². The number of hydrogen-bond acceptors (Lipinski definition) is 3. The first-order valence-corrected chi connectivity index (χ1v) is 8.83. The normalized spacial score (nSPS) is 17.3. The predicted molar refractivity (Wildman–Crippen MR) is 95.4 cm³/mol. The van der Waals surface area contributed by atoms with E-state index >= 15 is 0 Å². The van der Waals surface area contributed by atoms with E-state index in [9.17, 15) is 9.59 Å². The molecule has 1 fully saturated rings. The van der Waals surface area contributed by atoms with Crippen LogP contribution in [0.2, 0.25) is 0 Å². The molecule has 2 amide bonds. The molecule has 1 aliphatic rings. The van der Waals surface area contributed by atoms with Gasteiger partial charge < -0.3 is 10.2 Å². The highest BCUT2D eigenvalue weighted by atomic mass is 16.2. The Morgan fingerprint density at radius 3 is 2.46 bits per heavy atom. The van der Waals surface area contributed by atoms with Gasteiger partial charge in [-0.3, -0.25) is 14.5 Å². The molecule has 1 aromatic carbocycles. The van der Waals surface area contributed by atoms with Gasteiger partial charge in [0.15, 0.2) is 0 Å². The van der Waals surface area contributed by atoms with Gasteiger partial charge >= 0.3 is 0 Å². The lowest BCUT2D eigenvalue weighted by atomic mass is 9.95. The summed E-state index contributed by atoms with van der Waals surface area (Å²) in [4.78, 5) is 28.6. The average Bonchev–Trinajstić information content (AvgIpc) is 2.61. The van der Waals surface area contributed by atoms with Gasteiger partial charge in [0.05, 0.1) is 6.04 Å². The molecule has 0 aromatic heterocycles. The van der Waals surface area contributed by atoms with Gasteiger partial charge in [0.1, 0.15) is 0 Å². The Morgan fingerprint density at radius 2 is 1.88 bits per heavy atom. The minimum absolute atomic E-state index is 0.0885. The van der Waals surface area contributed by atoms with E-state index in [0.717, 1.165) is 31.5 Å². The van der Waals surface area contributed by atoms with Crippen molar-refractivity contribution in [3.63, 3.8) is 0 Å². The maximum Gasteiger partial charge on any atom is 0.239 e. The van der Waals surface area contributed by atoms with E-state index < -0.39 is 0 Å². The fraction of sp³-hybridized carbons (Fsp3) is 0.579. The fourth-order valence-electron chi connectivity index (χ4n) is 3.28. The number of nitrogens with zero attached hydrogens (tertiary/aromatic N) is 2. The number of carbonyl (C=O) groups is 2. The Bertz CT molecular complexity index is 539. The number of nitrogens with one attached hydrogen (secondary N) is 1. The quantitative estimate of drug-likeness (QED) is 0.866. The van der Waals surface area contributed by atoms with Crippen LogP contribution in [0.4, 0.5) is 0 Å². The van der Waals surface area contributed by atoms with Crippen molar-refractivity contribution in [2.75, 3.05) is 26.7 Å². The first-order valence-electron chi connectivity index (χ1n) is 8.83. The Morgan fingerprint density at radius 1 is 1.25 bits per heavy atom. The van der Waals surface area contributed by atoms with Crippen LogP contribution >= 0.6 is 0 Å². The fourth-order valence-corrected chi connectivity index (χ4v) is 3.28. The van der Waals surface area contributed by atoms with Gasteiger partial charge in [-0.2, -0.15) is 0 Å². The molecule has 1 saturated heterocycles. The van der Waals surface area contributed by atoms with Crippen molar-refractivity contribution >= 4 is 11.8 Å². The lowest BCUT2D eigenvalue weighted by molar-refractivity contribution is -0.136. The Labute approximate surface area is 145 Å². The van der Waals surface area contributed by atoms with E-state index in [0.29, 0.717) is 13.1 Å². The molecule has 0 aliphatic carbocycles. The molecular formula is C19H29N3O2. The van der Waals surface area contributed by atoms with Crippen LogP contribution < -0.4 is 5.32 Å². The molecule has 0 saturated carbocycles. The second-order valence-corrected chi connectivity index (χ2v) is 6.56. The lowest BCUT2D eigenvalue weighted by Crippen LogP contribution is -2.50. The lowest BCUT2D eigenvalue weighted by Gasteiger charge is -2.36. The summed E-state index contributed by atoms with van der Waals surface area (Å²) >= 11 is 0. The summed E-state index contributed by atoms with van der Waals surface area (Å²) in [5.74, 6) is 0.373. The summed E-state index contributed by atoms with van der Waals surface area (Å²) in [6.07, 6.45) is 1.65. The zero-order chi connectivity index (χ0) is 17.5. The Balaban J connectivity index is 1.84. The molecule has 0 spiro atoms. The predicted octanol–water partition coefficient (Wildman–Crippen LogP) is 1.88. The van der Waals surface area contributed by atoms with Crippen LogP contribution in [-0.4, -0.2) is 54.3 Å². The molecule has 24 heavy (non-hydrogen) atoms. The maximum atomic E-state index is 12.7. The Hall–Kier alpha value is -1.88. The van der Waals surface area contributed by atoms with E-state index in [2.05, 4.69) is 10.2 Å². The number of likely N-dealkylation sites (N-methyl/N-ethyl adjacent to an activating group) is 1. The van der Waals surface area contributed by atoms with E-state index in [1.165, 1.54) is 0 Å². The molecule has 0 radical (unpaired) electrons. The van der Waals surface area contributed by atoms with Crippen molar-refractivity contribution < 1.29 is 9.59 Å². The van der Waals surface area contributed by atoms with Gasteiger partial charge in [-0.1, -0.05) is 30.3 Å². The summed E-state index contributed by atoms with van der Waals surface area (Å²) in [5.41, 5.74) is 1.13. The van der Waals surface area contributed by atoms with Gasteiger partial charge in [0.25, 0.3) is 0 Å². The monoisotopic (exact) mass is 331 g/mol. The van der Waals surface area contributed by atoms with Gasteiger partial charge in [-0.25, -0.2) is 0 Å². The smallest absolute Gasteiger partial charge is 0.239 e. The SMILES string of the molecule is CCNC(=O)C1CCN(C(C)C(=O)N(C)Cc2ccccc2)CC1. The molecule has 1 aliphatic heterocycles. The molecule has 132 valence electrons. The van der Waals surface area contributed by atoms with Crippen molar-refractivity contribution in [2.24, 2.45) is 5.92 Å². The summed E-state index contributed by atoms with van der Waals surface area (Å²) in [5, 5.41) is 2.89. The van der Waals surface area contributed by atoms with Gasteiger partial charge in [-0.05, 0) is 45.3 Å². The largest absolute Gasteiger partial charge is 0.356 e. The average molecular weight is 331 g/mol. The third-order valence-corrected chi connectivity index (χ3v) is 4.80. The van der Waals surface area contributed by atoms with E-state index in [4.69, 9.17) is 0 Å². The number of hydrogen-bond donors (Lipinski definition) is 1. The van der Waals surface area contributed by atoms with Crippen LogP contribution in [0.15, 0.2) is 30.3 Å². The third-order valence-electron chi connectivity index (χ3n) is 4.80. The van der Waals surface area contributed by atoms with Crippen LogP contribution in [0.25, 0.3) is 0 Å². The van der Waals surface area contributed by atoms with Gasteiger partial charge in [0.2, 0.25) is 11.8 Å². The van der Waals surface area contributed by atoms with Crippen LogP contribution in [-0.2, 0) is 16.1 Å². The first-order chi connectivity index (χ1) is 11.5. The standard InChI is InChI=1S/C19H29N3O2/c1-4-20-18(23)17-10-12-22(13-11-17)15(2)19(24)21(3)14-16-8-6-5-7-9-16/h5-9,15,17H,4,10-14H2,1-3H3,(H,20,23). The van der Waals surface area contributed by atoms with Crippen molar-refractivity contribution in [3.05, 3.63) is 35.9 Å². The molecule has 5 heteroatoms. The van der Waals surface area contributed by atoms with E-state index in [1.807, 2.05) is 51.2 Å². The Kier molecular flexibility index (Phi) is 6.79. The molecule has 2 rings (SSSR count). The van der Waals surface area contributed by atoms with E-state index in [1.54, 1.807) is 4.90 Å². The number of rotatable bonds is 6. The molecular weight excluding hydrogens is 302 g/mol. The molecule has 1 N–H and O–H groups in total. The zero-order valence-corrected chi connectivity index (χ0v) is 15.0. The number of benzene rings is 1. The van der Waals surface area contributed by atoms with Crippen LogP contribution in [0, 0.1) is 5.92 Å². The number of piperidine rings is 1. The number of amides is 2. The molecule has 5 nitrogen and oxygen atoms in total. The summed E-state index contributed by atoms with van der Waals surface area (Å²) < 4.78 is 0. The highest BCUT2D eigenvalue weighted by Gasteiger charge is 2.30. The van der Waals surface area contributed by atoms with E-state index in [-0.39, 0.29) is 23.8 Å². The van der Waals surface area contributed by atoms with Crippen molar-refractivity contribution in [1.29, 1.82) is 0 Å². The van der Waals surface area contributed by atoms with Crippen molar-refractivity contribution in [1.82, 2.24) is 15.1 Å². The minimum Gasteiger partial charge on any atom is -0.356 e.